The number of methoxy groups -OCH3 is 1. The van der Waals surface area contributed by atoms with Crippen LogP contribution in [-0.2, 0) is 20.8 Å². The topological polar surface area (TPSA) is 27.7 Å². The first-order valence-corrected chi connectivity index (χ1v) is 9.31. The van der Waals surface area contributed by atoms with Gasteiger partial charge in [0.1, 0.15) is 0 Å². The van der Waals surface area contributed by atoms with Crippen LogP contribution in [0, 0.1) is 11.8 Å². The fourth-order valence-corrected chi connectivity index (χ4v) is 3.95. The lowest BCUT2D eigenvalue weighted by Crippen LogP contribution is -2.37. The quantitative estimate of drug-likeness (QED) is 0.759. The molecule has 0 atom stereocenters. The molecule has 0 bridgehead atoms. The van der Waals surface area contributed by atoms with Crippen molar-refractivity contribution in [1.82, 2.24) is 0 Å². The van der Waals surface area contributed by atoms with E-state index in [1.165, 1.54) is 24.0 Å². The second-order valence-corrected chi connectivity index (χ2v) is 7.15. The summed E-state index contributed by atoms with van der Waals surface area (Å²) >= 11 is 5.68. The maximum atomic E-state index is 6.07. The zero-order valence-corrected chi connectivity index (χ0v) is 15.1. The minimum atomic E-state index is -0.0325. The molecule has 0 spiro atoms. The zero-order valence-electron chi connectivity index (χ0n) is 14.3. The van der Waals surface area contributed by atoms with Crippen molar-refractivity contribution < 1.29 is 14.2 Å². The number of ether oxygens (including phenoxy) is 3. The number of allylic oxidation sites excluding steroid dienone is 1. The average Bonchev–Trinajstić information content (AvgIpc) is 2.64. The van der Waals surface area contributed by atoms with E-state index in [1.54, 1.807) is 12.6 Å². The number of benzene rings is 1. The highest BCUT2D eigenvalue weighted by atomic mass is 35.5. The van der Waals surface area contributed by atoms with Crippen molar-refractivity contribution in [2.24, 2.45) is 11.8 Å². The molecule has 0 unspecified atom stereocenters. The van der Waals surface area contributed by atoms with E-state index in [0.29, 0.717) is 24.4 Å². The van der Waals surface area contributed by atoms with E-state index < -0.39 is 0 Å². The van der Waals surface area contributed by atoms with Crippen LogP contribution in [0.5, 0.6) is 0 Å². The highest BCUT2D eigenvalue weighted by molar-refractivity contribution is 6.25. The maximum absolute atomic E-state index is 6.07. The molecule has 1 heterocycles. The molecule has 1 aliphatic carbocycles. The predicted octanol–water partition coefficient (Wildman–Crippen LogP) is 4.85. The Bertz CT molecular complexity index is 512. The lowest BCUT2D eigenvalue weighted by Gasteiger charge is -2.37. The van der Waals surface area contributed by atoms with Crippen LogP contribution >= 0.6 is 11.6 Å². The summed E-state index contributed by atoms with van der Waals surface area (Å²) in [6.07, 6.45) is 6.77. The number of hydrogen-bond acceptors (Lipinski definition) is 3. The molecule has 132 valence electrons. The first kappa shape index (κ1) is 17.9. The first-order valence-electron chi connectivity index (χ1n) is 8.88. The molecule has 0 N–H and O–H groups in total. The van der Waals surface area contributed by atoms with Gasteiger partial charge >= 0.3 is 0 Å². The highest BCUT2D eigenvalue weighted by Crippen LogP contribution is 2.35. The second kappa shape index (κ2) is 9.00. The fraction of sp³-hybridized carbons (Fsp3) is 0.600. The number of hydrogen-bond donors (Lipinski definition) is 0. The molecule has 3 nitrogen and oxygen atoms in total. The standard InChI is InChI=1S/C20H27ClO3/c1-22-12-16-4-6-17(7-5-16)19-13-23-20(24-14-19)18-8-2-15(3-9-18)10-11-21/h4-7,10-11,15,18-20H,2-3,8-9,12-14H2,1H3/b11-10+/t15-,18-,19-,20-. The molecular weight excluding hydrogens is 324 g/mol. The Kier molecular flexibility index (Phi) is 6.73. The van der Waals surface area contributed by atoms with Crippen molar-refractivity contribution in [3.8, 4) is 0 Å². The van der Waals surface area contributed by atoms with Gasteiger partial charge in [-0.25, -0.2) is 0 Å². The van der Waals surface area contributed by atoms with Crippen molar-refractivity contribution in [3.63, 3.8) is 0 Å². The second-order valence-electron chi connectivity index (χ2n) is 6.90. The Morgan fingerprint density at radius 2 is 1.75 bits per heavy atom. The molecule has 3 rings (SSSR count). The van der Waals surface area contributed by atoms with Crippen LogP contribution in [-0.4, -0.2) is 26.6 Å². The molecule has 0 amide bonds. The predicted molar refractivity (Wildman–Crippen MR) is 96.0 cm³/mol. The summed E-state index contributed by atoms with van der Waals surface area (Å²) in [5, 5.41) is 0. The van der Waals surface area contributed by atoms with Gasteiger partial charge in [-0.05, 0) is 42.7 Å². The Morgan fingerprint density at radius 1 is 1.08 bits per heavy atom. The smallest absolute Gasteiger partial charge is 0.160 e. The minimum Gasteiger partial charge on any atom is -0.380 e. The van der Waals surface area contributed by atoms with Crippen LogP contribution in [0.25, 0.3) is 0 Å². The van der Waals surface area contributed by atoms with E-state index in [0.717, 1.165) is 26.1 Å². The molecule has 1 aromatic carbocycles. The van der Waals surface area contributed by atoms with E-state index in [9.17, 15) is 0 Å². The third-order valence-corrected chi connectivity index (χ3v) is 5.38. The van der Waals surface area contributed by atoms with Crippen LogP contribution in [0.15, 0.2) is 35.9 Å². The van der Waals surface area contributed by atoms with Crippen LogP contribution in [0.1, 0.15) is 42.7 Å². The largest absolute Gasteiger partial charge is 0.380 e. The van der Waals surface area contributed by atoms with Gasteiger partial charge < -0.3 is 14.2 Å². The normalized spacial score (nSPS) is 31.4. The van der Waals surface area contributed by atoms with Gasteiger partial charge in [0.15, 0.2) is 6.29 Å². The van der Waals surface area contributed by atoms with Crippen molar-refractivity contribution in [2.45, 2.75) is 44.5 Å². The van der Waals surface area contributed by atoms with Gasteiger partial charge in [-0.1, -0.05) is 41.9 Å². The molecule has 1 saturated carbocycles. The molecular formula is C20H27ClO3. The van der Waals surface area contributed by atoms with Gasteiger partial charge in [0.25, 0.3) is 0 Å². The molecule has 2 fully saturated rings. The van der Waals surface area contributed by atoms with Gasteiger partial charge in [-0.2, -0.15) is 0 Å². The average molecular weight is 351 g/mol. The summed E-state index contributed by atoms with van der Waals surface area (Å²) in [4.78, 5) is 0. The molecule has 24 heavy (non-hydrogen) atoms. The van der Waals surface area contributed by atoms with Crippen LogP contribution in [0.2, 0.25) is 0 Å². The van der Waals surface area contributed by atoms with Crippen LogP contribution < -0.4 is 0 Å². The summed E-state index contributed by atoms with van der Waals surface area (Å²) in [6.45, 7) is 2.15. The summed E-state index contributed by atoms with van der Waals surface area (Å²) < 4.78 is 17.3. The van der Waals surface area contributed by atoms with E-state index >= 15 is 0 Å². The van der Waals surface area contributed by atoms with Gasteiger partial charge in [0, 0.05) is 24.5 Å². The molecule has 1 saturated heterocycles. The van der Waals surface area contributed by atoms with E-state index in [-0.39, 0.29) is 6.29 Å². The third kappa shape index (κ3) is 4.60. The van der Waals surface area contributed by atoms with E-state index in [4.69, 9.17) is 25.8 Å². The Morgan fingerprint density at radius 3 is 2.33 bits per heavy atom. The SMILES string of the molecule is COCc1ccc([C@H]2CO[C@H]([C@H]3CC[C@H](/C=C/Cl)CC3)OC2)cc1. The van der Waals surface area contributed by atoms with Crippen molar-refractivity contribution >= 4 is 11.6 Å². The number of rotatable bonds is 5. The monoisotopic (exact) mass is 350 g/mol. The number of halogens is 1. The van der Waals surface area contributed by atoms with Crippen LogP contribution in [0.4, 0.5) is 0 Å². The summed E-state index contributed by atoms with van der Waals surface area (Å²) in [5.41, 5.74) is 4.13. The molecule has 1 aromatic rings. The van der Waals surface area contributed by atoms with E-state index in [2.05, 4.69) is 30.3 Å². The van der Waals surface area contributed by atoms with Crippen molar-refractivity contribution in [1.29, 1.82) is 0 Å². The highest BCUT2D eigenvalue weighted by Gasteiger charge is 2.32. The lowest BCUT2D eigenvalue weighted by molar-refractivity contribution is -0.217. The van der Waals surface area contributed by atoms with Crippen molar-refractivity contribution in [2.75, 3.05) is 20.3 Å². The molecule has 4 heteroatoms. The Balaban J connectivity index is 1.47. The molecule has 0 aromatic heterocycles. The van der Waals surface area contributed by atoms with Gasteiger partial charge in [0.2, 0.25) is 0 Å². The van der Waals surface area contributed by atoms with Gasteiger partial charge in [-0.15, -0.1) is 0 Å². The third-order valence-electron chi connectivity index (χ3n) is 5.23. The zero-order chi connectivity index (χ0) is 16.8. The first-order chi connectivity index (χ1) is 11.8. The fourth-order valence-electron chi connectivity index (χ4n) is 3.75. The lowest BCUT2D eigenvalue weighted by atomic mass is 9.81. The van der Waals surface area contributed by atoms with Crippen molar-refractivity contribution in [3.05, 3.63) is 47.0 Å². The maximum Gasteiger partial charge on any atom is 0.160 e. The Labute approximate surface area is 149 Å². The van der Waals surface area contributed by atoms with Crippen LogP contribution in [0.3, 0.4) is 0 Å². The summed E-state index contributed by atoms with van der Waals surface area (Å²) in [7, 11) is 1.72. The summed E-state index contributed by atoms with van der Waals surface area (Å²) in [6, 6.07) is 8.57. The van der Waals surface area contributed by atoms with Gasteiger partial charge in [0.05, 0.1) is 19.8 Å². The van der Waals surface area contributed by atoms with Gasteiger partial charge in [-0.3, -0.25) is 0 Å². The summed E-state index contributed by atoms with van der Waals surface area (Å²) in [5.74, 6) is 1.48. The van der Waals surface area contributed by atoms with E-state index in [1.807, 2.05) is 0 Å². The Hall–Kier alpha value is -0.870. The molecule has 0 radical (unpaired) electrons. The molecule has 1 aliphatic heterocycles. The minimum absolute atomic E-state index is 0.0325. The molecule has 2 aliphatic rings.